The Morgan fingerprint density at radius 1 is 1.13 bits per heavy atom. The number of fused-ring (bicyclic) bond motifs is 1. The first-order chi connectivity index (χ1) is 14.4. The van der Waals surface area contributed by atoms with Gasteiger partial charge in [0, 0.05) is 24.5 Å². The van der Waals surface area contributed by atoms with Gasteiger partial charge in [-0.05, 0) is 66.1 Å². The Hall–Kier alpha value is -2.90. The van der Waals surface area contributed by atoms with E-state index in [1.807, 2.05) is 20.9 Å². The summed E-state index contributed by atoms with van der Waals surface area (Å²) in [6, 6.07) is 13.3. The summed E-state index contributed by atoms with van der Waals surface area (Å²) in [5.74, 6) is 0. The third kappa shape index (κ3) is 5.42. The third-order valence-electron chi connectivity index (χ3n) is 5.82. The molecule has 1 aliphatic heterocycles. The molecule has 3 N–H and O–H groups in total. The average molecular weight is 436 g/mol. The molecule has 1 unspecified atom stereocenters. The van der Waals surface area contributed by atoms with E-state index in [1.54, 1.807) is 6.07 Å². The maximum atomic E-state index is 13.2. The van der Waals surface area contributed by atoms with Crippen molar-refractivity contribution in [2.45, 2.75) is 56.8 Å². The van der Waals surface area contributed by atoms with Gasteiger partial charge >= 0.3 is 12.3 Å². The first kappa shape index (κ1) is 22.8. The van der Waals surface area contributed by atoms with E-state index in [-0.39, 0.29) is 11.5 Å². The Morgan fingerprint density at radius 3 is 2.35 bits per heavy atom. The zero-order valence-electron chi connectivity index (χ0n) is 17.7. The van der Waals surface area contributed by atoms with Crippen molar-refractivity contribution in [1.29, 1.82) is 0 Å². The molecule has 4 rings (SSSR count). The Balaban J connectivity index is 0.000000628. The lowest BCUT2D eigenvalue weighted by Gasteiger charge is -2.45. The molecule has 0 amide bonds. The summed E-state index contributed by atoms with van der Waals surface area (Å²) in [7, 11) is 1.98. The van der Waals surface area contributed by atoms with E-state index in [4.69, 9.17) is 15.0 Å². The molecular weight excluding hydrogens is 409 g/mol. The Kier molecular flexibility index (Phi) is 6.11. The summed E-state index contributed by atoms with van der Waals surface area (Å²) in [5, 5.41) is 17.5. The standard InChI is InChI=1S/C22H25F3N2.CH2O3/c1-21(2)13-20(14-5-4-6-17(11-14)26-16-8-9-16)27(3)19-10-7-15(12-18(19)21)22(23,24)25;2-1(3)4/h4-7,10-12,16,20,26H,8-9,13H2,1-3H3;(H2,2,3,4). The fraction of sp³-hybridized carbons (Fsp3) is 0.435. The summed E-state index contributed by atoms with van der Waals surface area (Å²) in [6.07, 6.45) is -2.95. The number of halogens is 3. The molecule has 1 fully saturated rings. The first-order valence-electron chi connectivity index (χ1n) is 10.1. The van der Waals surface area contributed by atoms with Crippen molar-refractivity contribution in [3.63, 3.8) is 0 Å². The highest BCUT2D eigenvalue weighted by molar-refractivity contribution is 5.62. The molecule has 0 radical (unpaired) electrons. The SMILES string of the molecule is CN1c2ccc(C(F)(F)F)cc2C(C)(C)CC1c1cccc(NC2CC2)c1.O=C(O)O. The van der Waals surface area contributed by atoms with Crippen LogP contribution in [0.15, 0.2) is 42.5 Å². The van der Waals surface area contributed by atoms with Crippen LogP contribution in [0.25, 0.3) is 0 Å². The molecule has 168 valence electrons. The van der Waals surface area contributed by atoms with E-state index in [2.05, 4.69) is 34.5 Å². The fourth-order valence-corrected chi connectivity index (χ4v) is 4.10. The number of nitrogens with zero attached hydrogens (tertiary/aromatic N) is 1. The van der Waals surface area contributed by atoms with Crippen LogP contribution in [0.4, 0.5) is 29.3 Å². The highest BCUT2D eigenvalue weighted by Gasteiger charge is 2.39. The highest BCUT2D eigenvalue weighted by atomic mass is 19.4. The van der Waals surface area contributed by atoms with Gasteiger partial charge < -0.3 is 20.4 Å². The van der Waals surface area contributed by atoms with Gasteiger partial charge in [-0.25, -0.2) is 4.79 Å². The van der Waals surface area contributed by atoms with Gasteiger partial charge in [0.2, 0.25) is 0 Å². The van der Waals surface area contributed by atoms with E-state index >= 15 is 0 Å². The molecule has 2 aromatic rings. The molecular formula is C23H27F3N2O3. The van der Waals surface area contributed by atoms with Crippen LogP contribution in [0.5, 0.6) is 0 Å². The lowest BCUT2D eigenvalue weighted by Crippen LogP contribution is -2.38. The van der Waals surface area contributed by atoms with Crippen molar-refractivity contribution in [3.8, 4) is 0 Å². The Labute approximate surface area is 179 Å². The molecule has 5 nitrogen and oxygen atoms in total. The summed E-state index contributed by atoms with van der Waals surface area (Å²) in [6.45, 7) is 4.08. The minimum absolute atomic E-state index is 0.130. The molecule has 0 aromatic heterocycles. The van der Waals surface area contributed by atoms with Crippen LogP contribution >= 0.6 is 0 Å². The smallest absolute Gasteiger partial charge is 0.450 e. The zero-order valence-corrected chi connectivity index (χ0v) is 17.7. The van der Waals surface area contributed by atoms with Crippen LogP contribution in [-0.2, 0) is 11.6 Å². The van der Waals surface area contributed by atoms with Crippen LogP contribution in [0.1, 0.15) is 55.8 Å². The molecule has 1 saturated carbocycles. The normalized spacial score (nSPS) is 19.7. The Bertz CT molecular complexity index is 951. The average Bonchev–Trinajstić information content (AvgIpc) is 3.47. The third-order valence-corrected chi connectivity index (χ3v) is 5.82. The van der Waals surface area contributed by atoms with E-state index in [0.29, 0.717) is 6.04 Å². The zero-order chi connectivity index (χ0) is 23.0. The van der Waals surface area contributed by atoms with Crippen molar-refractivity contribution in [2.24, 2.45) is 0 Å². The fourth-order valence-electron chi connectivity index (χ4n) is 4.10. The van der Waals surface area contributed by atoms with Crippen molar-refractivity contribution < 1.29 is 28.2 Å². The van der Waals surface area contributed by atoms with Gasteiger partial charge in [-0.15, -0.1) is 0 Å². The number of anilines is 2. The molecule has 2 aromatic carbocycles. The summed E-state index contributed by atoms with van der Waals surface area (Å²) >= 11 is 0. The number of hydrogen-bond acceptors (Lipinski definition) is 3. The van der Waals surface area contributed by atoms with Gasteiger partial charge in [-0.2, -0.15) is 13.2 Å². The van der Waals surface area contributed by atoms with Gasteiger partial charge in [0.05, 0.1) is 11.6 Å². The number of hydrogen-bond donors (Lipinski definition) is 3. The van der Waals surface area contributed by atoms with Gasteiger partial charge in [-0.3, -0.25) is 0 Å². The lowest BCUT2D eigenvalue weighted by atomic mass is 9.73. The van der Waals surface area contributed by atoms with Crippen molar-refractivity contribution in [1.82, 2.24) is 0 Å². The van der Waals surface area contributed by atoms with Crippen LogP contribution < -0.4 is 10.2 Å². The second kappa shape index (κ2) is 8.32. The highest BCUT2D eigenvalue weighted by Crippen LogP contribution is 2.48. The van der Waals surface area contributed by atoms with E-state index in [1.165, 1.54) is 30.5 Å². The molecule has 1 heterocycles. The number of rotatable bonds is 3. The molecule has 2 aliphatic rings. The minimum atomic E-state index is -4.32. The molecule has 8 heteroatoms. The second-order valence-corrected chi connectivity index (χ2v) is 8.77. The second-order valence-electron chi connectivity index (χ2n) is 8.77. The molecule has 1 atom stereocenters. The minimum Gasteiger partial charge on any atom is -0.450 e. The van der Waals surface area contributed by atoms with E-state index in [0.717, 1.165) is 23.4 Å². The first-order valence-corrected chi connectivity index (χ1v) is 10.1. The van der Waals surface area contributed by atoms with Crippen LogP contribution in [0.2, 0.25) is 0 Å². The van der Waals surface area contributed by atoms with Crippen molar-refractivity contribution >= 4 is 17.5 Å². The summed E-state index contributed by atoms with van der Waals surface area (Å²) in [5.41, 5.74) is 3.05. The van der Waals surface area contributed by atoms with Gasteiger partial charge in [0.1, 0.15) is 0 Å². The van der Waals surface area contributed by atoms with Gasteiger partial charge in [0.25, 0.3) is 0 Å². The number of benzene rings is 2. The number of carboxylic acid groups (broad SMARTS) is 2. The van der Waals surface area contributed by atoms with E-state index in [9.17, 15) is 13.2 Å². The van der Waals surface area contributed by atoms with Crippen molar-refractivity contribution in [3.05, 3.63) is 59.2 Å². The lowest BCUT2D eigenvalue weighted by molar-refractivity contribution is -0.137. The molecule has 0 bridgehead atoms. The quantitative estimate of drug-likeness (QED) is 0.522. The van der Waals surface area contributed by atoms with Gasteiger partial charge in [-0.1, -0.05) is 26.0 Å². The maximum absolute atomic E-state index is 13.2. The molecule has 1 aliphatic carbocycles. The predicted molar refractivity (Wildman–Crippen MR) is 114 cm³/mol. The largest absolute Gasteiger partial charge is 0.503 e. The van der Waals surface area contributed by atoms with Crippen molar-refractivity contribution in [2.75, 3.05) is 17.3 Å². The maximum Gasteiger partial charge on any atom is 0.503 e. The summed E-state index contributed by atoms with van der Waals surface area (Å²) in [4.78, 5) is 10.7. The number of nitrogens with one attached hydrogen (secondary N) is 1. The number of carbonyl (C=O) groups is 1. The Morgan fingerprint density at radius 2 is 1.77 bits per heavy atom. The molecule has 31 heavy (non-hydrogen) atoms. The molecule has 0 spiro atoms. The van der Waals surface area contributed by atoms with E-state index < -0.39 is 17.9 Å². The predicted octanol–water partition coefficient (Wildman–Crippen LogP) is 6.36. The van der Waals surface area contributed by atoms with Crippen LogP contribution in [0, 0.1) is 0 Å². The van der Waals surface area contributed by atoms with Crippen LogP contribution in [-0.4, -0.2) is 29.5 Å². The van der Waals surface area contributed by atoms with Crippen LogP contribution in [0.3, 0.4) is 0 Å². The number of alkyl halides is 3. The topological polar surface area (TPSA) is 72.8 Å². The monoisotopic (exact) mass is 436 g/mol. The molecule has 0 saturated heterocycles. The van der Waals surface area contributed by atoms with Gasteiger partial charge in [0.15, 0.2) is 0 Å². The summed E-state index contributed by atoms with van der Waals surface area (Å²) < 4.78 is 39.5.